The topological polar surface area (TPSA) is 74.6 Å². The number of anilines is 1. The molecule has 0 aliphatic heterocycles. The molecular formula is C19H21N2O4S2+. The maximum atomic E-state index is 10.7. The molecule has 27 heavy (non-hydrogen) atoms. The van der Waals surface area contributed by atoms with Gasteiger partial charge in [0, 0.05) is 31.1 Å². The number of aryl methyl sites for hydroxylation is 1. The third-order valence-electron chi connectivity index (χ3n) is 4.18. The van der Waals surface area contributed by atoms with Gasteiger partial charge in [-0.2, -0.15) is 13.0 Å². The molecule has 0 spiro atoms. The van der Waals surface area contributed by atoms with Gasteiger partial charge >= 0.3 is 15.0 Å². The van der Waals surface area contributed by atoms with Gasteiger partial charge in [-0.1, -0.05) is 24.3 Å². The number of benzene rings is 2. The molecule has 0 atom stereocenters. The van der Waals surface area contributed by atoms with Crippen molar-refractivity contribution in [1.82, 2.24) is 0 Å². The van der Waals surface area contributed by atoms with E-state index in [1.807, 2.05) is 84.2 Å². The van der Waals surface area contributed by atoms with Crippen molar-refractivity contribution in [2.24, 2.45) is 7.05 Å². The second kappa shape index (κ2) is 8.16. The third kappa shape index (κ3) is 5.12. The van der Waals surface area contributed by atoms with E-state index in [9.17, 15) is 8.42 Å². The first kappa shape index (κ1) is 19.5. The van der Waals surface area contributed by atoms with Crippen LogP contribution in [0.4, 0.5) is 5.69 Å². The molecule has 2 aromatic carbocycles. The van der Waals surface area contributed by atoms with Crippen LogP contribution in [0.3, 0.4) is 0 Å². The van der Waals surface area contributed by atoms with E-state index in [2.05, 4.69) is 0 Å². The molecule has 0 unspecified atom stereocenters. The smallest absolute Gasteiger partial charge is 0.373 e. The molecule has 0 aliphatic rings. The van der Waals surface area contributed by atoms with Gasteiger partial charge < -0.3 is 9.32 Å². The average molecular weight is 406 g/mol. The fourth-order valence-corrected chi connectivity index (χ4v) is 4.10. The maximum absolute atomic E-state index is 10.7. The molecule has 0 saturated carbocycles. The van der Waals surface area contributed by atoms with Crippen molar-refractivity contribution in [3.63, 3.8) is 0 Å². The summed E-state index contributed by atoms with van der Waals surface area (Å²) in [6.07, 6.45) is 3.91. The minimum absolute atomic E-state index is 0.291. The Kier molecular flexibility index (Phi) is 5.88. The fraction of sp³-hybridized carbons (Fsp3) is 0.211. The summed E-state index contributed by atoms with van der Waals surface area (Å²) in [5.74, 6) is 1.05. The van der Waals surface area contributed by atoms with Crippen LogP contribution in [-0.2, 0) is 16.2 Å². The van der Waals surface area contributed by atoms with Crippen molar-refractivity contribution in [1.29, 1.82) is 0 Å². The first-order valence-corrected chi connectivity index (χ1v) is 11.3. The summed E-state index contributed by atoms with van der Waals surface area (Å²) >= 11 is 0. The number of oxazole rings is 1. The number of rotatable bonds is 7. The average Bonchev–Trinajstić information content (AvgIpc) is 2.95. The molecule has 1 N–H and O–H groups in total. The van der Waals surface area contributed by atoms with Crippen LogP contribution in [0.2, 0.25) is 0 Å². The van der Waals surface area contributed by atoms with E-state index in [4.69, 9.17) is 8.97 Å². The van der Waals surface area contributed by atoms with Crippen LogP contribution in [0.25, 0.3) is 23.3 Å². The zero-order valence-electron chi connectivity index (χ0n) is 15.1. The standard InChI is InChI=1S/C19H20N2O4S2/c1-20(13-14-26-27(22,23)24)16-10-7-15(8-11-16)9-12-19-21(2)17-5-3-4-6-18(17)25-19/h3-12H,13-14H2,1-2H3/p+1. The number of aromatic nitrogens is 1. The first-order chi connectivity index (χ1) is 12.8. The van der Waals surface area contributed by atoms with Gasteiger partial charge in [-0.3, -0.25) is 4.55 Å². The summed E-state index contributed by atoms with van der Waals surface area (Å²) in [4.78, 5) is 1.94. The lowest BCUT2D eigenvalue weighted by molar-refractivity contribution is -0.651. The van der Waals surface area contributed by atoms with Gasteiger partial charge in [0.05, 0.1) is 6.08 Å². The molecule has 6 nitrogen and oxygen atoms in total. The van der Waals surface area contributed by atoms with Crippen molar-refractivity contribution in [2.75, 3.05) is 24.2 Å². The molecular weight excluding hydrogens is 384 g/mol. The minimum Gasteiger partial charge on any atom is -0.398 e. The molecule has 0 saturated heterocycles. The zero-order chi connectivity index (χ0) is 19.4. The minimum atomic E-state index is -3.99. The third-order valence-corrected chi connectivity index (χ3v) is 6.22. The SMILES string of the molecule is CN(CCSS(=O)(=O)O)c1ccc(/C=C/c2oc3ccccc3[n+]2C)cc1. The van der Waals surface area contributed by atoms with Gasteiger partial charge in [0.2, 0.25) is 5.58 Å². The fourth-order valence-electron chi connectivity index (χ4n) is 2.68. The second-order valence-corrected chi connectivity index (χ2v) is 9.53. The number of nitrogens with zero attached hydrogens (tertiary/aromatic N) is 2. The molecule has 1 heterocycles. The van der Waals surface area contributed by atoms with E-state index in [0.717, 1.165) is 28.2 Å². The van der Waals surface area contributed by atoms with E-state index >= 15 is 0 Å². The second-order valence-electron chi connectivity index (χ2n) is 6.06. The van der Waals surface area contributed by atoms with Gasteiger partial charge in [0.25, 0.3) is 5.52 Å². The van der Waals surface area contributed by atoms with Crippen LogP contribution in [0.5, 0.6) is 0 Å². The molecule has 142 valence electrons. The van der Waals surface area contributed by atoms with E-state index in [1.165, 1.54) is 0 Å². The van der Waals surface area contributed by atoms with Crippen LogP contribution < -0.4 is 9.47 Å². The molecule has 1 aromatic heterocycles. The Morgan fingerprint density at radius 1 is 1.15 bits per heavy atom. The lowest BCUT2D eigenvalue weighted by Crippen LogP contribution is -2.29. The number of para-hydroxylation sites is 2. The highest BCUT2D eigenvalue weighted by Crippen LogP contribution is 2.18. The Morgan fingerprint density at radius 2 is 1.85 bits per heavy atom. The van der Waals surface area contributed by atoms with E-state index in [-0.39, 0.29) is 0 Å². The van der Waals surface area contributed by atoms with E-state index in [0.29, 0.717) is 23.1 Å². The van der Waals surface area contributed by atoms with E-state index in [1.54, 1.807) is 0 Å². The first-order valence-electron chi connectivity index (χ1n) is 8.32. The highest BCUT2D eigenvalue weighted by atomic mass is 33.1. The Hall–Kier alpha value is -2.29. The van der Waals surface area contributed by atoms with Crippen LogP contribution in [-0.4, -0.2) is 32.3 Å². The van der Waals surface area contributed by atoms with Crippen LogP contribution in [0.1, 0.15) is 11.5 Å². The monoisotopic (exact) mass is 405 g/mol. The zero-order valence-corrected chi connectivity index (χ0v) is 16.7. The number of hydrogen-bond acceptors (Lipinski definition) is 5. The summed E-state index contributed by atoms with van der Waals surface area (Å²) in [5.41, 5.74) is 3.88. The summed E-state index contributed by atoms with van der Waals surface area (Å²) in [6.45, 7) is 0.508. The maximum Gasteiger partial charge on any atom is 0.373 e. The van der Waals surface area contributed by atoms with Gasteiger partial charge in [0.15, 0.2) is 0 Å². The number of fused-ring (bicyclic) bond motifs is 1. The van der Waals surface area contributed by atoms with Crippen LogP contribution in [0.15, 0.2) is 52.9 Å². The Labute approximate surface area is 162 Å². The Morgan fingerprint density at radius 3 is 2.52 bits per heavy atom. The molecule has 0 radical (unpaired) electrons. The van der Waals surface area contributed by atoms with Crippen LogP contribution >= 0.6 is 10.8 Å². The Balaban J connectivity index is 1.66. The van der Waals surface area contributed by atoms with Crippen molar-refractivity contribution >= 4 is 48.9 Å². The quantitative estimate of drug-likeness (QED) is 0.369. The summed E-state index contributed by atoms with van der Waals surface area (Å²) in [5, 5.41) is 0. The van der Waals surface area contributed by atoms with Crippen molar-refractivity contribution in [3.05, 3.63) is 60.0 Å². The molecule has 0 amide bonds. The van der Waals surface area contributed by atoms with Gasteiger partial charge in [0.1, 0.15) is 7.05 Å². The normalized spacial score (nSPS) is 12.1. The lowest BCUT2D eigenvalue weighted by Gasteiger charge is -2.18. The molecule has 0 fully saturated rings. The summed E-state index contributed by atoms with van der Waals surface area (Å²) in [6, 6.07) is 15.8. The molecule has 8 heteroatoms. The summed E-state index contributed by atoms with van der Waals surface area (Å²) in [7, 11) is 0.390. The molecule has 3 aromatic rings. The molecule has 3 rings (SSSR count). The number of hydrogen-bond donors (Lipinski definition) is 1. The van der Waals surface area contributed by atoms with Gasteiger partial charge in [-0.25, -0.2) is 0 Å². The predicted molar refractivity (Wildman–Crippen MR) is 110 cm³/mol. The van der Waals surface area contributed by atoms with Crippen molar-refractivity contribution < 1.29 is 22.0 Å². The van der Waals surface area contributed by atoms with Gasteiger partial charge in [-0.15, -0.1) is 0 Å². The largest absolute Gasteiger partial charge is 0.398 e. The predicted octanol–water partition coefficient (Wildman–Crippen LogP) is 3.40. The highest BCUT2D eigenvalue weighted by Gasteiger charge is 2.15. The lowest BCUT2D eigenvalue weighted by atomic mass is 10.2. The van der Waals surface area contributed by atoms with Crippen molar-refractivity contribution in [3.8, 4) is 0 Å². The van der Waals surface area contributed by atoms with Gasteiger partial charge in [-0.05, 0) is 40.6 Å². The van der Waals surface area contributed by atoms with E-state index < -0.39 is 9.15 Å². The van der Waals surface area contributed by atoms with Crippen molar-refractivity contribution in [2.45, 2.75) is 0 Å². The Bertz CT molecular complexity index is 1060. The summed E-state index contributed by atoms with van der Waals surface area (Å²) < 4.78 is 38.1. The highest BCUT2D eigenvalue weighted by molar-refractivity contribution is 8.69. The van der Waals surface area contributed by atoms with Crippen LogP contribution in [0, 0.1) is 0 Å². The molecule has 0 bridgehead atoms. The molecule has 0 aliphatic carbocycles.